The molecule has 0 spiro atoms. The molecule has 0 saturated carbocycles. The minimum Gasteiger partial charge on any atom is -0.396 e. The quantitative estimate of drug-likeness (QED) is 0.681. The summed E-state index contributed by atoms with van der Waals surface area (Å²) in [6, 6.07) is 5.30. The predicted octanol–water partition coefficient (Wildman–Crippen LogP) is 0.429. The number of aliphatic hydroxyl groups is 2. The Hall–Kier alpha value is -1.31. The average molecular weight is 317 g/mol. The van der Waals surface area contributed by atoms with Gasteiger partial charge in [-0.3, -0.25) is 9.00 Å². The minimum atomic E-state index is -1.36. The highest BCUT2D eigenvalue weighted by atomic mass is 32.2. The van der Waals surface area contributed by atoms with Crippen LogP contribution in [0.25, 0.3) is 0 Å². The number of halogens is 1. The average Bonchev–Trinajstić information content (AvgIpc) is 2.46. The Morgan fingerprint density at radius 3 is 2.48 bits per heavy atom. The van der Waals surface area contributed by atoms with Gasteiger partial charge in [-0.05, 0) is 24.3 Å². The molecule has 1 aromatic rings. The van der Waals surface area contributed by atoms with Crippen molar-refractivity contribution in [2.24, 2.45) is 5.41 Å². The van der Waals surface area contributed by atoms with Crippen molar-refractivity contribution in [1.82, 2.24) is 5.32 Å². The van der Waals surface area contributed by atoms with Crippen molar-refractivity contribution in [2.75, 3.05) is 18.9 Å². The Morgan fingerprint density at radius 2 is 1.95 bits per heavy atom. The van der Waals surface area contributed by atoms with Crippen molar-refractivity contribution < 1.29 is 23.6 Å². The monoisotopic (exact) mass is 317 g/mol. The summed E-state index contributed by atoms with van der Waals surface area (Å²) in [6.07, 6.45) is -1.35. The van der Waals surface area contributed by atoms with E-state index < -0.39 is 34.0 Å². The molecule has 0 aliphatic heterocycles. The van der Waals surface area contributed by atoms with Crippen LogP contribution in [0.5, 0.6) is 0 Å². The maximum Gasteiger partial charge on any atom is 0.249 e. The highest BCUT2D eigenvalue weighted by Gasteiger charge is 2.32. The SMILES string of the molecule is CC(C)(CO)C(O)C(=O)NCCS(=O)c1ccc(F)cc1. The van der Waals surface area contributed by atoms with Gasteiger partial charge in [0.2, 0.25) is 5.91 Å². The standard InChI is InChI=1S/C14H20FNO4S/c1-14(2,9-17)12(18)13(19)16-7-8-21(20)11-5-3-10(15)4-6-11/h3-6,12,17-18H,7-9H2,1-2H3,(H,16,19). The highest BCUT2D eigenvalue weighted by molar-refractivity contribution is 7.85. The minimum absolute atomic E-state index is 0.112. The van der Waals surface area contributed by atoms with Gasteiger partial charge < -0.3 is 15.5 Å². The zero-order chi connectivity index (χ0) is 16.0. The molecule has 0 radical (unpaired) electrons. The van der Waals surface area contributed by atoms with Crippen molar-refractivity contribution in [3.63, 3.8) is 0 Å². The smallest absolute Gasteiger partial charge is 0.249 e. The number of amides is 1. The van der Waals surface area contributed by atoms with E-state index in [1.54, 1.807) is 13.8 Å². The van der Waals surface area contributed by atoms with Crippen LogP contribution < -0.4 is 5.32 Å². The molecule has 7 heteroatoms. The van der Waals surface area contributed by atoms with Crippen molar-refractivity contribution in [2.45, 2.75) is 24.8 Å². The summed E-state index contributed by atoms with van der Waals surface area (Å²) in [5.74, 6) is -0.868. The van der Waals surface area contributed by atoms with Gasteiger partial charge in [0.25, 0.3) is 0 Å². The van der Waals surface area contributed by atoms with Crippen LogP contribution in [-0.4, -0.2) is 45.3 Å². The fraction of sp³-hybridized carbons (Fsp3) is 0.500. The van der Waals surface area contributed by atoms with Gasteiger partial charge in [-0.1, -0.05) is 13.8 Å². The summed E-state index contributed by atoms with van der Waals surface area (Å²) in [5.41, 5.74) is -0.944. The Bertz CT molecular complexity index is 504. The summed E-state index contributed by atoms with van der Waals surface area (Å²) < 4.78 is 24.6. The van der Waals surface area contributed by atoms with Crippen LogP contribution in [-0.2, 0) is 15.6 Å². The van der Waals surface area contributed by atoms with E-state index in [9.17, 15) is 18.5 Å². The summed E-state index contributed by atoms with van der Waals surface area (Å²) in [7, 11) is -1.36. The molecule has 0 aliphatic carbocycles. The molecule has 0 aliphatic rings. The zero-order valence-electron chi connectivity index (χ0n) is 12.0. The van der Waals surface area contributed by atoms with Gasteiger partial charge >= 0.3 is 0 Å². The van der Waals surface area contributed by atoms with Gasteiger partial charge in [-0.25, -0.2) is 4.39 Å². The van der Waals surface area contributed by atoms with Crippen LogP contribution in [0.2, 0.25) is 0 Å². The lowest BCUT2D eigenvalue weighted by molar-refractivity contribution is -0.136. The summed E-state index contributed by atoms with van der Waals surface area (Å²) in [4.78, 5) is 12.2. The van der Waals surface area contributed by atoms with Gasteiger partial charge in [0.15, 0.2) is 0 Å². The third kappa shape index (κ3) is 5.18. The molecule has 2 unspecified atom stereocenters. The van der Waals surface area contributed by atoms with E-state index in [1.807, 2.05) is 0 Å². The van der Waals surface area contributed by atoms with Crippen LogP contribution in [0.3, 0.4) is 0 Å². The third-order valence-electron chi connectivity index (χ3n) is 3.06. The van der Waals surface area contributed by atoms with E-state index in [0.29, 0.717) is 4.90 Å². The van der Waals surface area contributed by atoms with Gasteiger partial charge in [0, 0.05) is 22.6 Å². The lowest BCUT2D eigenvalue weighted by atomic mass is 9.87. The first-order valence-corrected chi connectivity index (χ1v) is 7.80. The van der Waals surface area contributed by atoms with E-state index in [-0.39, 0.29) is 18.9 Å². The van der Waals surface area contributed by atoms with Crippen molar-refractivity contribution >= 4 is 16.7 Å². The molecule has 0 bridgehead atoms. The first kappa shape index (κ1) is 17.7. The summed E-state index contributed by atoms with van der Waals surface area (Å²) >= 11 is 0. The fourth-order valence-electron chi connectivity index (χ4n) is 1.51. The summed E-state index contributed by atoms with van der Waals surface area (Å²) in [6.45, 7) is 2.91. The number of nitrogens with one attached hydrogen (secondary N) is 1. The third-order valence-corrected chi connectivity index (χ3v) is 4.43. The topological polar surface area (TPSA) is 86.6 Å². The molecule has 2 atom stereocenters. The molecule has 0 saturated heterocycles. The van der Waals surface area contributed by atoms with E-state index in [1.165, 1.54) is 24.3 Å². The van der Waals surface area contributed by atoms with E-state index in [0.717, 1.165) is 0 Å². The maximum atomic E-state index is 12.7. The van der Waals surface area contributed by atoms with Crippen LogP contribution in [0.1, 0.15) is 13.8 Å². The molecule has 21 heavy (non-hydrogen) atoms. The first-order valence-electron chi connectivity index (χ1n) is 6.48. The number of hydrogen-bond donors (Lipinski definition) is 3. The first-order chi connectivity index (χ1) is 9.77. The second-order valence-corrected chi connectivity index (χ2v) is 6.91. The Morgan fingerprint density at radius 1 is 1.38 bits per heavy atom. The Kier molecular flexibility index (Phi) is 6.44. The van der Waals surface area contributed by atoms with Gasteiger partial charge in [-0.15, -0.1) is 0 Å². The molecule has 1 rings (SSSR count). The number of hydrogen-bond acceptors (Lipinski definition) is 4. The number of aliphatic hydroxyl groups excluding tert-OH is 2. The molecular formula is C14H20FNO4S. The normalized spacial score (nSPS) is 14.5. The maximum absolute atomic E-state index is 12.7. The Labute approximate surface area is 125 Å². The molecule has 1 amide bonds. The van der Waals surface area contributed by atoms with Gasteiger partial charge in [0.1, 0.15) is 11.9 Å². The van der Waals surface area contributed by atoms with Crippen molar-refractivity contribution in [3.05, 3.63) is 30.1 Å². The molecule has 0 heterocycles. The van der Waals surface area contributed by atoms with Crippen LogP contribution in [0.15, 0.2) is 29.2 Å². The Balaban J connectivity index is 2.44. The largest absolute Gasteiger partial charge is 0.396 e. The van der Waals surface area contributed by atoms with E-state index in [2.05, 4.69) is 5.32 Å². The highest BCUT2D eigenvalue weighted by Crippen LogP contribution is 2.19. The second kappa shape index (κ2) is 7.63. The molecule has 118 valence electrons. The molecular weight excluding hydrogens is 297 g/mol. The van der Waals surface area contributed by atoms with Crippen LogP contribution in [0.4, 0.5) is 4.39 Å². The van der Waals surface area contributed by atoms with Gasteiger partial charge in [0.05, 0.1) is 17.4 Å². The summed E-state index contributed by atoms with van der Waals surface area (Å²) in [5, 5.41) is 21.3. The lowest BCUT2D eigenvalue weighted by Gasteiger charge is -2.27. The number of carbonyl (C=O) groups excluding carboxylic acids is 1. The zero-order valence-corrected chi connectivity index (χ0v) is 12.8. The second-order valence-electron chi connectivity index (χ2n) is 5.34. The molecule has 0 fully saturated rings. The van der Waals surface area contributed by atoms with E-state index in [4.69, 9.17) is 5.11 Å². The van der Waals surface area contributed by atoms with Gasteiger partial charge in [-0.2, -0.15) is 0 Å². The van der Waals surface area contributed by atoms with Crippen molar-refractivity contribution in [1.29, 1.82) is 0 Å². The molecule has 3 N–H and O–H groups in total. The molecule has 0 aromatic heterocycles. The molecule has 5 nitrogen and oxygen atoms in total. The van der Waals surface area contributed by atoms with Crippen molar-refractivity contribution in [3.8, 4) is 0 Å². The number of rotatable bonds is 7. The fourth-order valence-corrected chi connectivity index (χ4v) is 2.47. The van der Waals surface area contributed by atoms with Crippen LogP contribution >= 0.6 is 0 Å². The lowest BCUT2D eigenvalue weighted by Crippen LogP contribution is -2.46. The predicted molar refractivity (Wildman–Crippen MR) is 77.6 cm³/mol. The van der Waals surface area contributed by atoms with Crippen LogP contribution in [0, 0.1) is 11.2 Å². The number of benzene rings is 1. The van der Waals surface area contributed by atoms with E-state index >= 15 is 0 Å². The number of carbonyl (C=O) groups is 1. The molecule has 1 aromatic carbocycles.